The van der Waals surface area contributed by atoms with Crippen LogP contribution in [0.4, 0.5) is 0 Å². The van der Waals surface area contributed by atoms with Gasteiger partial charge in [-0.3, -0.25) is 4.98 Å². The van der Waals surface area contributed by atoms with Gasteiger partial charge >= 0.3 is 0 Å². The smallest absolute Gasteiger partial charge is 0.134 e. The van der Waals surface area contributed by atoms with Gasteiger partial charge in [0.2, 0.25) is 0 Å². The number of fused-ring (bicyclic) bond motifs is 3. The molecular weight excluding hydrogens is 266 g/mol. The Morgan fingerprint density at radius 3 is 3.06 bits per heavy atom. The minimum absolute atomic E-state index is 0.264. The van der Waals surface area contributed by atoms with E-state index in [9.17, 15) is 0 Å². The molecule has 1 aliphatic heterocycles. The molecule has 0 saturated heterocycles. The second kappa shape index (κ2) is 3.45. The summed E-state index contributed by atoms with van der Waals surface area (Å²) in [5.74, 6) is 1.02. The average Bonchev–Trinajstić information content (AvgIpc) is 2.62. The molecule has 82 valence electrons. The van der Waals surface area contributed by atoms with Crippen LogP contribution in [0, 0.1) is 6.92 Å². The van der Waals surface area contributed by atoms with Crippen LogP contribution >= 0.6 is 15.9 Å². The molecule has 0 bridgehead atoms. The van der Waals surface area contributed by atoms with E-state index in [1.165, 1.54) is 5.56 Å². The number of benzene rings is 1. The Morgan fingerprint density at radius 2 is 2.25 bits per heavy atom. The number of nitrogens with zero attached hydrogens (tertiary/aromatic N) is 1. The molecule has 0 radical (unpaired) electrons. The molecule has 0 N–H and O–H groups in total. The van der Waals surface area contributed by atoms with E-state index in [1.807, 2.05) is 12.1 Å². The molecule has 1 aromatic carbocycles. The van der Waals surface area contributed by atoms with E-state index < -0.39 is 0 Å². The number of ether oxygens (including phenoxy) is 1. The Bertz CT molecular complexity index is 580. The standard InChI is InChI=1S/C13H12BrNO/c1-7-5-10-8(2)15-12-4-3-9(14)6-11(12)13(10)16-7/h3-4,6-7H,5H2,1-2H3. The fraction of sp³-hybridized carbons (Fsp3) is 0.308. The summed E-state index contributed by atoms with van der Waals surface area (Å²) in [6, 6.07) is 6.12. The van der Waals surface area contributed by atoms with Crippen molar-refractivity contribution in [3.8, 4) is 5.75 Å². The van der Waals surface area contributed by atoms with Gasteiger partial charge in [0.25, 0.3) is 0 Å². The van der Waals surface area contributed by atoms with Crippen LogP contribution in [0.15, 0.2) is 22.7 Å². The van der Waals surface area contributed by atoms with Gasteiger partial charge < -0.3 is 4.74 Å². The lowest BCUT2D eigenvalue weighted by molar-refractivity contribution is 0.257. The van der Waals surface area contributed by atoms with Gasteiger partial charge in [0.05, 0.1) is 5.52 Å². The molecule has 0 aliphatic carbocycles. The van der Waals surface area contributed by atoms with Crippen LogP contribution in [0.1, 0.15) is 18.2 Å². The molecule has 0 amide bonds. The van der Waals surface area contributed by atoms with E-state index in [2.05, 4.69) is 40.8 Å². The van der Waals surface area contributed by atoms with E-state index >= 15 is 0 Å². The Kier molecular flexibility index (Phi) is 2.18. The third-order valence-corrected chi connectivity index (χ3v) is 3.51. The number of pyridine rings is 1. The summed E-state index contributed by atoms with van der Waals surface area (Å²) in [7, 11) is 0. The van der Waals surface area contributed by atoms with E-state index in [0.29, 0.717) is 0 Å². The van der Waals surface area contributed by atoms with E-state index in [1.54, 1.807) is 0 Å². The van der Waals surface area contributed by atoms with Gasteiger partial charge in [-0.05, 0) is 32.0 Å². The lowest BCUT2D eigenvalue weighted by Crippen LogP contribution is -2.05. The Balaban J connectivity index is 2.38. The molecule has 0 fully saturated rings. The minimum Gasteiger partial charge on any atom is -0.489 e. The normalized spacial score (nSPS) is 18.6. The quantitative estimate of drug-likeness (QED) is 0.734. The molecule has 3 rings (SSSR count). The first-order valence-corrected chi connectivity index (χ1v) is 6.20. The van der Waals surface area contributed by atoms with Crippen LogP contribution in [0.25, 0.3) is 10.9 Å². The molecule has 1 aromatic heterocycles. The van der Waals surface area contributed by atoms with Gasteiger partial charge in [-0.1, -0.05) is 15.9 Å². The van der Waals surface area contributed by atoms with Crippen molar-refractivity contribution in [1.82, 2.24) is 4.98 Å². The monoisotopic (exact) mass is 277 g/mol. The first-order chi connectivity index (χ1) is 7.65. The van der Waals surface area contributed by atoms with Gasteiger partial charge in [-0.2, -0.15) is 0 Å². The zero-order valence-corrected chi connectivity index (χ0v) is 10.8. The number of aromatic nitrogens is 1. The molecule has 1 atom stereocenters. The van der Waals surface area contributed by atoms with Crippen LogP contribution < -0.4 is 4.74 Å². The third kappa shape index (κ3) is 1.42. The second-order valence-electron chi connectivity index (χ2n) is 4.30. The number of aryl methyl sites for hydroxylation is 1. The third-order valence-electron chi connectivity index (χ3n) is 3.01. The SMILES string of the molecule is Cc1nc2ccc(Br)cc2c2c1CC(C)O2. The average molecular weight is 278 g/mol. The van der Waals surface area contributed by atoms with Gasteiger partial charge in [0.15, 0.2) is 0 Å². The van der Waals surface area contributed by atoms with Gasteiger partial charge in [-0.25, -0.2) is 0 Å². The van der Waals surface area contributed by atoms with Crippen molar-refractivity contribution in [3.05, 3.63) is 33.9 Å². The Labute approximate surface area is 103 Å². The number of hydrogen-bond donors (Lipinski definition) is 0. The summed E-state index contributed by atoms with van der Waals surface area (Å²) in [5.41, 5.74) is 3.36. The van der Waals surface area contributed by atoms with Crippen molar-refractivity contribution in [2.24, 2.45) is 0 Å². The Morgan fingerprint density at radius 1 is 1.44 bits per heavy atom. The lowest BCUT2D eigenvalue weighted by Gasteiger charge is -2.08. The predicted molar refractivity (Wildman–Crippen MR) is 68.0 cm³/mol. The summed E-state index contributed by atoms with van der Waals surface area (Å²) in [5, 5.41) is 1.11. The number of rotatable bonds is 0. The molecule has 0 spiro atoms. The molecule has 2 heterocycles. The van der Waals surface area contributed by atoms with Crippen LogP contribution in [-0.4, -0.2) is 11.1 Å². The number of hydrogen-bond acceptors (Lipinski definition) is 2. The number of halogens is 1. The van der Waals surface area contributed by atoms with Crippen LogP contribution in [0.3, 0.4) is 0 Å². The fourth-order valence-corrected chi connectivity index (χ4v) is 2.63. The van der Waals surface area contributed by atoms with Crippen molar-refractivity contribution in [2.75, 3.05) is 0 Å². The van der Waals surface area contributed by atoms with Crippen molar-refractivity contribution in [3.63, 3.8) is 0 Å². The first kappa shape index (κ1) is 10.1. The fourth-order valence-electron chi connectivity index (χ4n) is 2.27. The van der Waals surface area contributed by atoms with Gasteiger partial charge in [0, 0.05) is 27.5 Å². The molecule has 0 saturated carbocycles. The summed E-state index contributed by atoms with van der Waals surface area (Å²) < 4.78 is 6.96. The topological polar surface area (TPSA) is 22.1 Å². The highest BCUT2D eigenvalue weighted by Crippen LogP contribution is 2.38. The minimum atomic E-state index is 0.264. The van der Waals surface area contributed by atoms with Gasteiger partial charge in [-0.15, -0.1) is 0 Å². The van der Waals surface area contributed by atoms with Crippen molar-refractivity contribution >= 4 is 26.8 Å². The summed E-state index contributed by atoms with van der Waals surface area (Å²) in [4.78, 5) is 4.62. The van der Waals surface area contributed by atoms with Crippen molar-refractivity contribution < 1.29 is 4.74 Å². The first-order valence-electron chi connectivity index (χ1n) is 5.40. The highest BCUT2D eigenvalue weighted by molar-refractivity contribution is 9.10. The van der Waals surface area contributed by atoms with Crippen LogP contribution in [0.5, 0.6) is 5.75 Å². The lowest BCUT2D eigenvalue weighted by atomic mass is 10.1. The van der Waals surface area contributed by atoms with Gasteiger partial charge in [0.1, 0.15) is 11.9 Å². The molecule has 2 aromatic rings. The van der Waals surface area contributed by atoms with E-state index in [4.69, 9.17) is 4.74 Å². The van der Waals surface area contributed by atoms with E-state index in [0.717, 1.165) is 33.2 Å². The predicted octanol–water partition coefficient (Wildman–Crippen LogP) is 3.63. The molecular formula is C13H12BrNO. The van der Waals surface area contributed by atoms with Crippen molar-refractivity contribution in [2.45, 2.75) is 26.4 Å². The zero-order valence-electron chi connectivity index (χ0n) is 9.25. The summed E-state index contributed by atoms with van der Waals surface area (Å²) in [6.07, 6.45) is 1.23. The maximum absolute atomic E-state index is 5.90. The highest BCUT2D eigenvalue weighted by Gasteiger charge is 2.24. The zero-order chi connectivity index (χ0) is 11.3. The molecule has 1 aliphatic rings. The van der Waals surface area contributed by atoms with E-state index in [-0.39, 0.29) is 6.10 Å². The van der Waals surface area contributed by atoms with Crippen molar-refractivity contribution in [1.29, 1.82) is 0 Å². The molecule has 16 heavy (non-hydrogen) atoms. The largest absolute Gasteiger partial charge is 0.489 e. The highest BCUT2D eigenvalue weighted by atomic mass is 79.9. The molecule has 3 heteroatoms. The maximum atomic E-state index is 5.90. The van der Waals surface area contributed by atoms with Crippen LogP contribution in [0.2, 0.25) is 0 Å². The molecule has 1 unspecified atom stereocenters. The molecule has 2 nitrogen and oxygen atoms in total. The maximum Gasteiger partial charge on any atom is 0.134 e. The Hall–Kier alpha value is -1.09. The van der Waals surface area contributed by atoms with Crippen LogP contribution in [-0.2, 0) is 6.42 Å². The summed E-state index contributed by atoms with van der Waals surface area (Å²) >= 11 is 3.49. The summed E-state index contributed by atoms with van der Waals surface area (Å²) in [6.45, 7) is 4.16. The second-order valence-corrected chi connectivity index (χ2v) is 5.21.